The molecule has 33 nitrogen and oxygen atoms in total. The van der Waals surface area contributed by atoms with E-state index < -0.39 is 0 Å². The summed E-state index contributed by atoms with van der Waals surface area (Å²) < 4.78 is 5.18. The molecular weight excluding hydrogens is 1840 g/mol. The maximum absolute atomic E-state index is 5.85. The molecular formula is C83H118ClN19O14S10. The quantitative estimate of drug-likeness (QED) is 0.0255. The Kier molecular flexibility index (Phi) is 72.9. The molecule has 0 unspecified atom stereocenters. The summed E-state index contributed by atoms with van der Waals surface area (Å²) >= 11 is 22.0. The summed E-state index contributed by atoms with van der Waals surface area (Å²) in [6.07, 6.45) is 25.0. The van der Waals surface area contributed by atoms with Crippen molar-refractivity contribution in [2.24, 2.45) is 84.8 Å². The molecule has 13 rings (SSSR count). The first-order valence-electron chi connectivity index (χ1n) is 38.7. The zero-order chi connectivity index (χ0) is 93.2. The van der Waals surface area contributed by atoms with Crippen molar-refractivity contribution in [1.82, 2.24) is 29.9 Å². The van der Waals surface area contributed by atoms with Crippen molar-refractivity contribution in [2.45, 2.75) is 185 Å². The molecule has 0 radical (unpaired) electrons. The second-order valence-corrected chi connectivity index (χ2v) is 37.8. The third-order valence-electron chi connectivity index (χ3n) is 15.4. The fraction of sp³-hybridized carbons (Fsp3) is 0.434. The number of hydrogen-bond donors (Lipinski definition) is 0. The highest BCUT2D eigenvalue weighted by molar-refractivity contribution is 7.14. The first kappa shape index (κ1) is 115. The van der Waals surface area contributed by atoms with Crippen LogP contribution in [0.15, 0.2) is 163 Å². The second kappa shape index (κ2) is 80.5. The number of aromatic nitrogens is 6. The standard InChI is InChI=1S/C8H15NO.C7H8ClNOS.C7H13NO2.2C7H9NOS.C7H13NO.4C6H8N2OS.C6H7NOS.2C5H6N2OS/c1-9-10-7-8-5-3-2-4-6-8;1-5-3-6(8)7(11-5)4-10-9-2;1-8-10-6-7-2-4-9-5-3-7;2*1-6-3-4-7(10-6)5-9-8-2;1-8-9-6-7-4-2-3-5-7;2*1-5-8-3-6(10-5)4-9-7-2;2*1-5-3-8-6(10-5)4-9-7-2;1-7-8-5-6-3-2-4-9-6;1-6-8-3-5-2-7-4-9-5;1-6-8-4-5-7-2-3-9-5/h8H,1-7H2;3H,2,4H2,1H3;7H,1-6H2;2*3-4H,2,5H2,1H3;7H,1-6H2;4*3H,2,4H2,1H3;2-4H,1,5H2;2,4H,1,3H2;2-3H,1,4H2. The van der Waals surface area contributed by atoms with E-state index in [2.05, 4.69) is 220 Å². The predicted octanol–water partition coefficient (Wildman–Crippen LogP) is 23.0. The largest absolute Gasteiger partial charge is 0.396 e. The topological polar surface area (TPSA) is 367 Å². The number of rotatable bonds is 39. The van der Waals surface area contributed by atoms with Crippen molar-refractivity contribution in [2.75, 3.05) is 33.0 Å². The third-order valence-corrected chi connectivity index (χ3v) is 24.7. The Morgan fingerprint density at radius 3 is 1.05 bits per heavy atom. The zero-order valence-corrected chi connectivity index (χ0v) is 82.1. The lowest BCUT2D eigenvalue weighted by molar-refractivity contribution is 0.0230. The molecule has 0 spiro atoms. The molecule has 0 N–H and O–H groups in total. The molecule has 0 atom stereocenters. The number of thiophene rings is 4. The van der Waals surface area contributed by atoms with Crippen LogP contribution in [0.2, 0.25) is 5.02 Å². The van der Waals surface area contributed by atoms with E-state index in [0.29, 0.717) is 78.6 Å². The van der Waals surface area contributed by atoms with E-state index in [1.807, 2.05) is 88.1 Å². The van der Waals surface area contributed by atoms with E-state index >= 15 is 0 Å². The van der Waals surface area contributed by atoms with Gasteiger partial charge in [0.15, 0.2) is 66.1 Å². The van der Waals surface area contributed by atoms with E-state index in [1.54, 1.807) is 121 Å². The fourth-order valence-electron chi connectivity index (χ4n) is 9.65. The van der Waals surface area contributed by atoms with Crippen LogP contribution >= 0.6 is 125 Å². The molecule has 0 amide bonds. The normalized spacial score (nSPS) is 11.7. The van der Waals surface area contributed by atoms with Gasteiger partial charge in [-0.3, -0.25) is 4.98 Å². The van der Waals surface area contributed by atoms with Crippen molar-refractivity contribution < 1.29 is 67.6 Å². The summed E-state index contributed by atoms with van der Waals surface area (Å²) in [5, 5.41) is 52.2. The minimum Gasteiger partial charge on any atom is -0.396 e. The van der Waals surface area contributed by atoms with Crippen molar-refractivity contribution in [3.05, 3.63) is 185 Å². The van der Waals surface area contributed by atoms with E-state index in [0.717, 1.165) is 101 Å². The van der Waals surface area contributed by atoms with Gasteiger partial charge in [-0.1, -0.05) is 49.8 Å². The van der Waals surface area contributed by atoms with Gasteiger partial charge < -0.3 is 67.6 Å². The molecule has 3 fully saturated rings. The average molecular weight is 1960 g/mol. The Balaban J connectivity index is 0.000000688. The lowest BCUT2D eigenvalue weighted by atomic mass is 9.90. The van der Waals surface area contributed by atoms with Gasteiger partial charge in [-0.05, 0) is 141 Å². The van der Waals surface area contributed by atoms with Gasteiger partial charge in [0.05, 0.1) is 40.1 Å². The molecule has 127 heavy (non-hydrogen) atoms. The molecule has 0 aromatic carbocycles. The predicted molar refractivity (Wildman–Crippen MR) is 530 cm³/mol. The maximum Gasteiger partial charge on any atom is 0.168 e. The molecule has 0 bridgehead atoms. The number of hydrogen-bond acceptors (Lipinski definition) is 43. The molecule has 1 aliphatic heterocycles. The van der Waals surface area contributed by atoms with Crippen molar-refractivity contribution >= 4 is 212 Å². The van der Waals surface area contributed by atoms with Gasteiger partial charge in [-0.2, -0.15) is 0 Å². The Bertz CT molecular complexity index is 3890. The highest BCUT2D eigenvalue weighted by Gasteiger charge is 2.16. The highest BCUT2D eigenvalue weighted by atomic mass is 35.5. The SMILES string of the molecule is C=NOCC1CCCC1.C=NOCC1CCCCC1.C=NOCC1CCOCC1.C=NOCc1ccc(C)s1.C=NOCc1ccc(C)s1.C=NOCc1cccs1.C=NOCc1cnc(C)s1.C=NOCc1cnc(C)s1.C=NOCc1cncs1.C=NOCc1ncc(C)s1.C=NOCc1ncc(C)s1.C=NOCc1nccs1.C=NOCc1sc(C)cc1Cl. The highest BCUT2D eigenvalue weighted by Crippen LogP contribution is 2.28. The molecule has 44 heteroatoms. The number of ether oxygens (including phenoxy) is 1. The first-order valence-corrected chi connectivity index (χ1v) is 47.4. The van der Waals surface area contributed by atoms with Crippen LogP contribution in [0.3, 0.4) is 0 Å². The summed E-state index contributed by atoms with van der Waals surface area (Å²) in [5.74, 6) is 2.13. The van der Waals surface area contributed by atoms with Gasteiger partial charge in [0.25, 0.3) is 0 Å². The smallest absolute Gasteiger partial charge is 0.168 e. The van der Waals surface area contributed by atoms with E-state index in [-0.39, 0.29) is 0 Å². The van der Waals surface area contributed by atoms with Gasteiger partial charge >= 0.3 is 0 Å². The monoisotopic (exact) mass is 1960 g/mol. The summed E-state index contributed by atoms with van der Waals surface area (Å²) in [6.45, 7) is 64.5. The van der Waals surface area contributed by atoms with Gasteiger partial charge in [0, 0.05) is 188 Å². The molecule has 2 saturated carbocycles. The van der Waals surface area contributed by atoms with Crippen molar-refractivity contribution in [1.29, 1.82) is 0 Å². The Morgan fingerprint density at radius 1 is 0.331 bits per heavy atom. The van der Waals surface area contributed by atoms with Crippen LogP contribution in [0.25, 0.3) is 0 Å². The van der Waals surface area contributed by atoms with E-state index in [4.69, 9.17) is 69.6 Å². The molecule has 1 saturated heterocycles. The Labute approximate surface area is 791 Å². The van der Waals surface area contributed by atoms with Crippen molar-refractivity contribution in [3.8, 4) is 0 Å². The van der Waals surface area contributed by atoms with Crippen LogP contribution in [0.1, 0.15) is 154 Å². The Morgan fingerprint density at radius 2 is 0.717 bits per heavy atom. The van der Waals surface area contributed by atoms with Gasteiger partial charge in [-0.15, -0.1) is 180 Å². The van der Waals surface area contributed by atoms with E-state index in [9.17, 15) is 0 Å². The first-order chi connectivity index (χ1) is 61.8. The molecule has 2 aliphatic carbocycles. The van der Waals surface area contributed by atoms with Gasteiger partial charge in [0.2, 0.25) is 0 Å². The fourth-order valence-corrected chi connectivity index (χ4v) is 16.9. The van der Waals surface area contributed by atoms with Crippen LogP contribution in [0, 0.1) is 66.2 Å². The number of aryl methyl sites for hydroxylation is 7. The lowest BCUT2D eigenvalue weighted by Gasteiger charge is -2.20. The molecule has 10 aromatic heterocycles. The molecule has 10 aromatic rings. The van der Waals surface area contributed by atoms with Crippen molar-refractivity contribution in [3.63, 3.8) is 0 Å². The Hall–Kier alpha value is -10.1. The average Bonchev–Trinajstić information content (AvgIpc) is 1.87. The van der Waals surface area contributed by atoms with Gasteiger partial charge in [-0.25, -0.2) is 24.9 Å². The molecule has 11 heterocycles. The van der Waals surface area contributed by atoms with Crippen LogP contribution in [-0.4, -0.2) is 150 Å². The number of halogens is 1. The van der Waals surface area contributed by atoms with Crippen LogP contribution < -0.4 is 0 Å². The zero-order valence-electron chi connectivity index (χ0n) is 73.2. The summed E-state index contributed by atoms with van der Waals surface area (Å²) in [4.78, 5) is 99.5. The number of nitrogens with zero attached hydrogens (tertiary/aromatic N) is 19. The number of thiazole rings is 6. The summed E-state index contributed by atoms with van der Waals surface area (Å²) in [7, 11) is 0. The molecule has 3 aliphatic rings. The summed E-state index contributed by atoms with van der Waals surface area (Å²) in [6, 6.07) is 14.1. The number of oxime groups is 13. The van der Waals surface area contributed by atoms with Crippen LogP contribution in [-0.2, 0) is 134 Å². The molecule has 696 valence electrons. The van der Waals surface area contributed by atoms with Gasteiger partial charge in [0.1, 0.15) is 34.8 Å². The minimum absolute atomic E-state index is 0.418. The maximum atomic E-state index is 5.85. The minimum atomic E-state index is 0.418. The summed E-state index contributed by atoms with van der Waals surface area (Å²) in [5.41, 5.74) is 1.75. The lowest BCUT2D eigenvalue weighted by Crippen LogP contribution is -2.19. The van der Waals surface area contributed by atoms with E-state index in [1.165, 1.54) is 119 Å². The second-order valence-electron chi connectivity index (χ2n) is 25.1. The third kappa shape index (κ3) is 65.2. The van der Waals surface area contributed by atoms with Crippen LogP contribution in [0.4, 0.5) is 0 Å². The van der Waals surface area contributed by atoms with Crippen LogP contribution in [0.5, 0.6) is 0 Å².